The molecule has 0 aliphatic rings. The van der Waals surface area contributed by atoms with Gasteiger partial charge < -0.3 is 34.2 Å². The molecule has 0 spiro atoms. The zero-order valence-electron chi connectivity index (χ0n) is 60.2. The van der Waals surface area contributed by atoms with E-state index in [9.17, 15) is 43.5 Å². The summed E-state index contributed by atoms with van der Waals surface area (Å²) >= 11 is 0. The molecular weight excluding hydrogens is 1270 g/mol. The monoisotopic (exact) mass is 1400 g/mol. The van der Waals surface area contributed by atoms with Crippen molar-refractivity contribution < 1.29 is 75.8 Å². The molecule has 0 radical (unpaired) electrons. The first kappa shape index (κ1) is 92.4. The molecule has 16 nitrogen and oxygen atoms in total. The van der Waals surface area contributed by atoms with E-state index >= 15 is 0 Å². The normalized spacial score (nSPS) is 14.9. The van der Waals surface area contributed by atoms with Crippen LogP contribution < -0.4 is 0 Å². The van der Waals surface area contributed by atoms with E-state index < -0.39 is 91.5 Å². The van der Waals surface area contributed by atoms with Gasteiger partial charge >= 0.3 is 33.6 Å². The fraction of sp³-hybridized carbons (Fsp3) is 0.658. The Hall–Kier alpha value is -4.57. The molecule has 0 aromatic heterocycles. The molecule has 5 atom stereocenters. The summed E-state index contributed by atoms with van der Waals surface area (Å²) in [5, 5.41) is 20.6. The van der Waals surface area contributed by atoms with Gasteiger partial charge in [-0.3, -0.25) is 32.5 Å². The van der Waals surface area contributed by atoms with Gasteiger partial charge in [-0.05, 0) is 135 Å². The molecule has 0 aromatic rings. The van der Waals surface area contributed by atoms with Crippen molar-refractivity contribution in [2.75, 3.05) is 39.6 Å². The first-order chi connectivity index (χ1) is 47.2. The Morgan fingerprint density at radius 1 is 0.299 bits per heavy atom. The summed E-state index contributed by atoms with van der Waals surface area (Å²) in [5.41, 5.74) is 0. The van der Waals surface area contributed by atoms with Crippen LogP contribution in [0.4, 0.5) is 0 Å². The lowest BCUT2D eigenvalue weighted by Gasteiger charge is -2.21. The molecule has 0 fully saturated rings. The van der Waals surface area contributed by atoms with Gasteiger partial charge in [-0.1, -0.05) is 269 Å². The second-order valence-corrected chi connectivity index (χ2v) is 27.2. The number of aliphatic hydroxyl groups is 2. The second-order valence-electron chi connectivity index (χ2n) is 24.3. The van der Waals surface area contributed by atoms with E-state index in [1.807, 2.05) is 0 Å². The zero-order valence-corrected chi connectivity index (χ0v) is 62.0. The van der Waals surface area contributed by atoms with Gasteiger partial charge in [0.05, 0.1) is 26.4 Å². The number of phosphoric acid groups is 2. The smallest absolute Gasteiger partial charge is 0.463 e. The van der Waals surface area contributed by atoms with Crippen molar-refractivity contribution in [1.29, 1.82) is 0 Å². The minimum Gasteiger partial charge on any atom is -0.463 e. The van der Waals surface area contributed by atoms with Crippen molar-refractivity contribution in [1.82, 2.24) is 0 Å². The summed E-state index contributed by atoms with van der Waals surface area (Å²) < 4.78 is 61.0. The van der Waals surface area contributed by atoms with Crippen LogP contribution in [0.5, 0.6) is 0 Å². The molecule has 0 saturated carbocycles. The maximum atomic E-state index is 12.9. The number of hydrogen-bond acceptors (Lipinski definition) is 14. The average Bonchev–Trinajstić information content (AvgIpc) is 1.63. The maximum Gasteiger partial charge on any atom is 0.472 e. The van der Waals surface area contributed by atoms with Crippen molar-refractivity contribution in [2.24, 2.45) is 0 Å². The van der Waals surface area contributed by atoms with Gasteiger partial charge in [-0.2, -0.15) is 0 Å². The summed E-state index contributed by atoms with van der Waals surface area (Å²) in [6.45, 7) is 2.33. The number of phosphoric ester groups is 2. The average molecular weight is 1400 g/mol. The van der Waals surface area contributed by atoms with Gasteiger partial charge in [-0.25, -0.2) is 9.13 Å². The van der Waals surface area contributed by atoms with Crippen LogP contribution in [0.2, 0.25) is 0 Å². The predicted molar refractivity (Wildman–Crippen MR) is 399 cm³/mol. The number of rotatable bonds is 69. The Kier molecular flexibility index (Phi) is 67.9. The molecule has 18 heteroatoms. The molecule has 0 rings (SSSR count). The lowest BCUT2D eigenvalue weighted by Crippen LogP contribution is -2.30. The molecule has 0 aliphatic carbocycles. The van der Waals surface area contributed by atoms with Gasteiger partial charge in [0, 0.05) is 19.3 Å². The first-order valence-corrected chi connectivity index (χ1v) is 40.1. The Morgan fingerprint density at radius 3 is 0.866 bits per heavy atom. The molecule has 5 unspecified atom stereocenters. The molecule has 0 saturated heterocycles. The highest BCUT2D eigenvalue weighted by Gasteiger charge is 2.29. The lowest BCUT2D eigenvalue weighted by atomic mass is 10.0. The van der Waals surface area contributed by atoms with Gasteiger partial charge in [0.1, 0.15) is 25.4 Å². The Bertz CT molecular complexity index is 2350. The van der Waals surface area contributed by atoms with Crippen LogP contribution in [0.15, 0.2) is 146 Å². The van der Waals surface area contributed by atoms with E-state index in [0.29, 0.717) is 19.3 Å². The van der Waals surface area contributed by atoms with Crippen LogP contribution in [-0.2, 0) is 55.8 Å². The number of ether oxygens (including phenoxy) is 3. The largest absolute Gasteiger partial charge is 0.472 e. The van der Waals surface area contributed by atoms with Crippen LogP contribution in [0, 0.1) is 0 Å². The van der Waals surface area contributed by atoms with Crippen molar-refractivity contribution in [2.45, 2.75) is 296 Å². The second kappa shape index (κ2) is 71.3. The zero-order chi connectivity index (χ0) is 70.9. The molecule has 0 aromatic carbocycles. The topological polar surface area (TPSA) is 231 Å². The lowest BCUT2D eigenvalue weighted by molar-refractivity contribution is -0.161. The SMILES string of the molecule is CC/C=C\C/C=C\C/C=C\C/C=C\C/C=C\CCCCCCCCCCCCCC(=O)OCC(O)COP(=O)(O)OCC(O)COP(=O)(O)OCC(COC(=O)CCCCCCC/C=C\C/C=C\C/C=C\C/C=C\C/C=C\CC)OC(=O)CCCCCCC/C=C\C/C=C\CCC. The molecule has 554 valence electrons. The van der Waals surface area contributed by atoms with Crippen molar-refractivity contribution in [3.8, 4) is 0 Å². The minimum atomic E-state index is -4.94. The van der Waals surface area contributed by atoms with Gasteiger partial charge in [0.25, 0.3) is 0 Å². The summed E-state index contributed by atoms with van der Waals surface area (Å²) in [7, 11) is -9.80. The number of esters is 3. The molecule has 0 bridgehead atoms. The fourth-order valence-electron chi connectivity index (χ4n) is 9.43. The van der Waals surface area contributed by atoms with Crippen LogP contribution in [0.1, 0.15) is 278 Å². The highest BCUT2D eigenvalue weighted by molar-refractivity contribution is 7.47. The summed E-state index contributed by atoms with van der Waals surface area (Å²) in [4.78, 5) is 58.5. The molecular formula is C79H132O16P2. The third kappa shape index (κ3) is 72.5. The van der Waals surface area contributed by atoms with Gasteiger partial charge in [0.15, 0.2) is 6.10 Å². The van der Waals surface area contributed by atoms with E-state index in [1.165, 1.54) is 44.9 Å². The molecule has 97 heavy (non-hydrogen) atoms. The molecule has 4 N–H and O–H groups in total. The highest BCUT2D eigenvalue weighted by Crippen LogP contribution is 2.45. The van der Waals surface area contributed by atoms with Crippen LogP contribution >= 0.6 is 15.6 Å². The van der Waals surface area contributed by atoms with Gasteiger partial charge in [0.2, 0.25) is 0 Å². The number of aliphatic hydroxyl groups excluding tert-OH is 2. The Morgan fingerprint density at radius 2 is 0.546 bits per heavy atom. The quantitative estimate of drug-likeness (QED) is 0.0146. The van der Waals surface area contributed by atoms with E-state index in [4.69, 9.17) is 32.3 Å². The number of carbonyl (C=O) groups is 3. The Balaban J connectivity index is 4.56. The van der Waals surface area contributed by atoms with E-state index in [1.54, 1.807) is 0 Å². The van der Waals surface area contributed by atoms with E-state index in [-0.39, 0.29) is 19.3 Å². The highest BCUT2D eigenvalue weighted by atomic mass is 31.2. The third-order valence-electron chi connectivity index (χ3n) is 15.0. The number of carbonyl (C=O) groups excluding carboxylic acids is 3. The van der Waals surface area contributed by atoms with Crippen LogP contribution in [0.3, 0.4) is 0 Å². The third-order valence-corrected chi connectivity index (χ3v) is 16.9. The summed E-state index contributed by atoms with van der Waals surface area (Å²) in [5.74, 6) is -1.62. The predicted octanol–water partition coefficient (Wildman–Crippen LogP) is 21.3. The molecule has 0 amide bonds. The van der Waals surface area contributed by atoms with Crippen molar-refractivity contribution in [3.05, 3.63) is 146 Å². The van der Waals surface area contributed by atoms with E-state index in [0.717, 1.165) is 173 Å². The first-order valence-electron chi connectivity index (χ1n) is 37.1. The number of unbranched alkanes of at least 4 members (excludes halogenated alkanes) is 22. The molecule has 0 aliphatic heterocycles. The Labute approximate surface area is 587 Å². The summed E-state index contributed by atoms with van der Waals surface area (Å²) in [6.07, 6.45) is 86.1. The molecule has 0 heterocycles. The van der Waals surface area contributed by atoms with Crippen molar-refractivity contribution in [3.63, 3.8) is 0 Å². The van der Waals surface area contributed by atoms with E-state index in [2.05, 4.69) is 167 Å². The van der Waals surface area contributed by atoms with Gasteiger partial charge in [-0.15, -0.1) is 0 Å². The minimum absolute atomic E-state index is 0.0796. The standard InChI is InChI=1S/C79H132O16P2/c1-4-7-10-13-16-19-22-25-27-29-31-33-34-35-36-37-38-40-42-43-45-48-50-53-56-59-62-65-77(82)89-68-74(80)69-91-96(85,86)92-70-75(81)71-93-97(87,88)94-73-76(95-79(84)67-64-61-58-55-52-47-24-21-18-15-12-9-6-3)72-90-78(83)66-63-60-57-54-51-49-46-44-41-39-32-30-28-26-23-20-17-14-11-8-5-2/h7-8,10-12,15-17,19-21,24-28,31-33,35-36,39,44,46,74-76,80-81H,4-6,9,13-14,18,22-23,29-30,34,37-38,40-43,45,47-73H2,1-3H3,(H,85,86)(H,87,88)/b10-7-,11-8-,15-12-,19-16-,20-17-,24-21-,27-25-,28-26-,33-31-,36-35-,39-32-,46-44-. The van der Waals surface area contributed by atoms with Crippen LogP contribution in [0.25, 0.3) is 0 Å². The maximum absolute atomic E-state index is 12.9. The van der Waals surface area contributed by atoms with Crippen LogP contribution in [-0.4, -0.2) is 95.9 Å². The summed E-state index contributed by atoms with van der Waals surface area (Å²) in [6, 6.07) is 0. The number of hydrogen-bond donors (Lipinski definition) is 4. The van der Waals surface area contributed by atoms with Crippen molar-refractivity contribution >= 4 is 33.6 Å². The number of allylic oxidation sites excluding steroid dienone is 24. The fourth-order valence-corrected chi connectivity index (χ4v) is 11.0.